The topological polar surface area (TPSA) is 64.6 Å². The number of ether oxygens (including phenoxy) is 2. The van der Waals surface area contributed by atoms with E-state index in [1.165, 1.54) is 0 Å². The molecule has 0 spiro atoms. The van der Waals surface area contributed by atoms with Gasteiger partial charge in [0.1, 0.15) is 12.2 Å². The molecule has 1 N–H and O–H groups in total. The zero-order chi connectivity index (χ0) is 14.6. The first-order chi connectivity index (χ1) is 8.69. The molecule has 1 amide bonds. The van der Waals surface area contributed by atoms with Gasteiger partial charge >= 0.3 is 12.1 Å². The average molecular weight is 269 g/mol. The highest BCUT2D eigenvalue weighted by Gasteiger charge is 2.29. The Morgan fingerprint density at radius 2 is 2.11 bits per heavy atom. The van der Waals surface area contributed by atoms with Crippen molar-refractivity contribution in [2.24, 2.45) is 5.92 Å². The molecule has 1 aliphatic rings. The van der Waals surface area contributed by atoms with Crippen molar-refractivity contribution in [2.45, 2.75) is 52.7 Å². The molecule has 1 rings (SSSR count). The highest BCUT2D eigenvalue weighted by Crippen LogP contribution is 2.19. The maximum absolute atomic E-state index is 11.8. The van der Waals surface area contributed by atoms with Gasteiger partial charge in [-0.1, -0.05) is 13.8 Å². The molecule has 1 atom stereocenters. The summed E-state index contributed by atoms with van der Waals surface area (Å²) in [4.78, 5) is 23.4. The van der Waals surface area contributed by atoms with E-state index in [9.17, 15) is 9.59 Å². The van der Waals surface area contributed by atoms with Crippen LogP contribution in [-0.2, 0) is 14.3 Å². The van der Waals surface area contributed by atoms with Gasteiger partial charge in [0.25, 0.3) is 0 Å². The molecule has 108 valence electrons. The summed E-state index contributed by atoms with van der Waals surface area (Å²) in [5.41, 5.74) is -0.0450. The zero-order valence-electron chi connectivity index (χ0n) is 12.3. The van der Waals surface area contributed by atoms with Crippen LogP contribution in [0.5, 0.6) is 0 Å². The van der Waals surface area contributed by atoms with Crippen LogP contribution in [0.1, 0.15) is 41.0 Å². The second-order valence-corrected chi connectivity index (χ2v) is 6.09. The fourth-order valence-electron chi connectivity index (χ4n) is 1.84. The van der Waals surface area contributed by atoms with E-state index in [2.05, 4.69) is 5.32 Å². The number of cyclic esters (lactones) is 1. The van der Waals surface area contributed by atoms with Crippen LogP contribution < -0.4 is 5.32 Å². The minimum Gasteiger partial charge on any atom is -0.458 e. The third kappa shape index (κ3) is 5.32. The van der Waals surface area contributed by atoms with Gasteiger partial charge in [-0.2, -0.15) is 0 Å². The molecular weight excluding hydrogens is 246 g/mol. The van der Waals surface area contributed by atoms with Gasteiger partial charge < -0.3 is 14.8 Å². The smallest absolute Gasteiger partial charge is 0.408 e. The van der Waals surface area contributed by atoms with Gasteiger partial charge in [0.2, 0.25) is 0 Å². The minimum atomic E-state index is -0.559. The number of carbonyl (C=O) groups is 2. The molecule has 0 aromatic rings. The number of nitrogens with one attached hydrogen (secondary N) is 1. The number of hydrogen-bond acceptors (Lipinski definition) is 4. The Morgan fingerprint density at radius 3 is 2.53 bits per heavy atom. The fraction of sp³-hybridized carbons (Fsp3) is 0.714. The Hall–Kier alpha value is -1.52. The first-order valence-corrected chi connectivity index (χ1v) is 6.55. The van der Waals surface area contributed by atoms with E-state index in [-0.39, 0.29) is 18.6 Å². The molecule has 19 heavy (non-hydrogen) atoms. The van der Waals surface area contributed by atoms with Crippen molar-refractivity contribution in [3.8, 4) is 0 Å². The maximum Gasteiger partial charge on any atom is 0.408 e. The minimum absolute atomic E-state index is 0.277. The Kier molecular flexibility index (Phi) is 4.97. The molecule has 0 aliphatic carbocycles. The van der Waals surface area contributed by atoms with Crippen LogP contribution in [0.25, 0.3) is 0 Å². The van der Waals surface area contributed by atoms with Crippen molar-refractivity contribution in [3.63, 3.8) is 0 Å². The van der Waals surface area contributed by atoms with Gasteiger partial charge in [-0.05, 0) is 39.2 Å². The summed E-state index contributed by atoms with van der Waals surface area (Å²) in [5, 5.41) is 2.75. The van der Waals surface area contributed by atoms with Gasteiger partial charge in [-0.3, -0.25) is 0 Å². The normalized spacial score (nSPS) is 16.9. The lowest BCUT2D eigenvalue weighted by Crippen LogP contribution is -2.41. The number of hydrogen-bond donors (Lipinski definition) is 1. The van der Waals surface area contributed by atoms with Gasteiger partial charge in [-0.25, -0.2) is 9.59 Å². The molecule has 0 saturated heterocycles. The van der Waals surface area contributed by atoms with Crippen molar-refractivity contribution in [2.75, 3.05) is 6.61 Å². The summed E-state index contributed by atoms with van der Waals surface area (Å²) in [6.07, 6.45) is 1.87. The van der Waals surface area contributed by atoms with Gasteiger partial charge in [0.05, 0.1) is 11.6 Å². The van der Waals surface area contributed by atoms with E-state index in [1.54, 1.807) is 26.8 Å². The Bertz CT molecular complexity index is 379. The summed E-state index contributed by atoms with van der Waals surface area (Å²) < 4.78 is 10.1. The van der Waals surface area contributed by atoms with E-state index < -0.39 is 11.7 Å². The monoisotopic (exact) mass is 269 g/mol. The lowest BCUT2D eigenvalue weighted by Gasteiger charge is -2.24. The largest absolute Gasteiger partial charge is 0.458 e. The SMILES string of the molecule is CC(C)C[C@H](NC(=O)OC(C)(C)C)C1=CCOC1=O. The molecule has 0 bridgehead atoms. The maximum atomic E-state index is 11.8. The van der Waals surface area contributed by atoms with Crippen LogP contribution in [0, 0.1) is 5.92 Å². The summed E-state index contributed by atoms with van der Waals surface area (Å²) in [6.45, 7) is 9.74. The van der Waals surface area contributed by atoms with E-state index in [1.807, 2.05) is 13.8 Å². The third-order valence-electron chi connectivity index (χ3n) is 2.53. The highest BCUT2D eigenvalue weighted by molar-refractivity contribution is 5.92. The Balaban J connectivity index is 2.70. The highest BCUT2D eigenvalue weighted by atomic mass is 16.6. The third-order valence-corrected chi connectivity index (χ3v) is 2.53. The molecule has 0 fully saturated rings. The van der Waals surface area contributed by atoms with E-state index in [4.69, 9.17) is 9.47 Å². The van der Waals surface area contributed by atoms with Crippen molar-refractivity contribution in [1.82, 2.24) is 5.32 Å². The van der Waals surface area contributed by atoms with Crippen LogP contribution in [0.15, 0.2) is 11.6 Å². The second-order valence-electron chi connectivity index (χ2n) is 6.09. The van der Waals surface area contributed by atoms with Crippen molar-refractivity contribution in [1.29, 1.82) is 0 Å². The second kappa shape index (κ2) is 6.08. The fourth-order valence-corrected chi connectivity index (χ4v) is 1.84. The van der Waals surface area contributed by atoms with E-state index in [0.29, 0.717) is 17.9 Å². The molecule has 1 aliphatic heterocycles. The average Bonchev–Trinajstić information content (AvgIpc) is 2.59. The number of rotatable bonds is 4. The number of carbonyl (C=O) groups excluding carboxylic acids is 2. The molecule has 0 unspecified atom stereocenters. The molecule has 0 aromatic heterocycles. The summed E-state index contributed by atoms with van der Waals surface area (Å²) in [7, 11) is 0. The van der Waals surface area contributed by atoms with E-state index >= 15 is 0 Å². The summed E-state index contributed by atoms with van der Waals surface area (Å²) >= 11 is 0. The number of amides is 1. The van der Waals surface area contributed by atoms with Crippen LogP contribution in [-0.4, -0.2) is 30.3 Å². The van der Waals surface area contributed by atoms with E-state index in [0.717, 1.165) is 0 Å². The molecular formula is C14H23NO4. The van der Waals surface area contributed by atoms with Crippen molar-refractivity contribution in [3.05, 3.63) is 11.6 Å². The van der Waals surface area contributed by atoms with Gasteiger partial charge in [0.15, 0.2) is 0 Å². The number of esters is 1. The first-order valence-electron chi connectivity index (χ1n) is 6.55. The van der Waals surface area contributed by atoms with Crippen LogP contribution in [0.4, 0.5) is 4.79 Å². The number of alkyl carbamates (subject to hydrolysis) is 1. The molecule has 0 saturated carbocycles. The molecule has 1 heterocycles. The molecule has 0 aromatic carbocycles. The summed E-state index contributed by atoms with van der Waals surface area (Å²) in [6, 6.07) is -0.357. The molecule has 5 nitrogen and oxygen atoms in total. The predicted molar refractivity (Wildman–Crippen MR) is 71.7 cm³/mol. The lowest BCUT2D eigenvalue weighted by molar-refractivity contribution is -0.136. The Labute approximate surface area is 114 Å². The lowest BCUT2D eigenvalue weighted by atomic mass is 9.97. The molecule has 5 heteroatoms. The van der Waals surface area contributed by atoms with Crippen LogP contribution in [0.3, 0.4) is 0 Å². The van der Waals surface area contributed by atoms with Crippen LogP contribution in [0.2, 0.25) is 0 Å². The molecule has 0 radical (unpaired) electrons. The standard InChI is InChI=1S/C14H23NO4/c1-9(2)8-11(10-6-7-18-12(10)16)15-13(17)19-14(3,4)5/h6,9,11H,7-8H2,1-5H3,(H,15,17)/t11-/m0/s1. The van der Waals surface area contributed by atoms with Crippen LogP contribution >= 0.6 is 0 Å². The van der Waals surface area contributed by atoms with Gasteiger partial charge in [-0.15, -0.1) is 0 Å². The van der Waals surface area contributed by atoms with Crippen molar-refractivity contribution >= 4 is 12.1 Å². The predicted octanol–water partition coefficient (Wildman–Crippen LogP) is 2.41. The van der Waals surface area contributed by atoms with Gasteiger partial charge in [0, 0.05) is 0 Å². The Morgan fingerprint density at radius 1 is 1.47 bits per heavy atom. The van der Waals surface area contributed by atoms with Crippen molar-refractivity contribution < 1.29 is 19.1 Å². The summed E-state index contributed by atoms with van der Waals surface area (Å²) in [5.74, 6) is -0.0176. The first kappa shape index (κ1) is 15.5. The zero-order valence-corrected chi connectivity index (χ0v) is 12.3. The quantitative estimate of drug-likeness (QED) is 0.796.